The Balaban J connectivity index is 2.87. The van der Waals surface area contributed by atoms with E-state index in [-0.39, 0.29) is 0 Å². The predicted molar refractivity (Wildman–Crippen MR) is 29.7 cm³/mol. The van der Waals surface area contributed by atoms with Crippen molar-refractivity contribution in [1.29, 1.82) is 5.26 Å². The van der Waals surface area contributed by atoms with Gasteiger partial charge in [0.15, 0.2) is 0 Å². The van der Waals surface area contributed by atoms with E-state index in [2.05, 4.69) is 6.07 Å². The largest absolute Gasteiger partial charge is 0.198 e. The molecule has 7 heavy (non-hydrogen) atoms. The molecular formula is C6H9N. The standard InChI is InChI=1S/C6H9N/c1-2-3-4-5-6-7/h2-3H,4-5H2,1H3. The van der Waals surface area contributed by atoms with Crippen molar-refractivity contribution in [1.82, 2.24) is 0 Å². The van der Waals surface area contributed by atoms with Crippen LogP contribution in [0.5, 0.6) is 0 Å². The van der Waals surface area contributed by atoms with Crippen molar-refractivity contribution in [3.8, 4) is 6.07 Å². The van der Waals surface area contributed by atoms with Gasteiger partial charge in [-0.2, -0.15) is 5.26 Å². The molecular weight excluding hydrogens is 86.1 g/mol. The smallest absolute Gasteiger partial charge is 0.0624 e. The summed E-state index contributed by atoms with van der Waals surface area (Å²) in [6.45, 7) is 1.96. The predicted octanol–water partition coefficient (Wildman–Crippen LogP) is 1.87. The molecule has 0 bridgehead atoms. The Kier molecular flexibility index (Phi) is 4.65. The number of nitrogens with zero attached hydrogens (tertiary/aromatic N) is 1. The summed E-state index contributed by atoms with van der Waals surface area (Å²) in [7, 11) is 0. The van der Waals surface area contributed by atoms with Crippen LogP contribution in [-0.4, -0.2) is 0 Å². The van der Waals surface area contributed by atoms with Crippen LogP contribution in [0.3, 0.4) is 0 Å². The molecule has 0 spiro atoms. The second-order valence-corrected chi connectivity index (χ2v) is 1.27. The number of hydrogen-bond donors (Lipinski definition) is 0. The molecule has 0 aromatic heterocycles. The molecule has 0 aliphatic rings. The van der Waals surface area contributed by atoms with Crippen LogP contribution in [0.1, 0.15) is 19.8 Å². The van der Waals surface area contributed by atoms with Gasteiger partial charge in [0.25, 0.3) is 0 Å². The van der Waals surface area contributed by atoms with Crippen LogP contribution < -0.4 is 0 Å². The molecule has 0 heterocycles. The van der Waals surface area contributed by atoms with E-state index in [1.165, 1.54) is 0 Å². The van der Waals surface area contributed by atoms with Crippen molar-refractivity contribution in [2.24, 2.45) is 0 Å². The molecule has 0 saturated carbocycles. The topological polar surface area (TPSA) is 23.8 Å². The van der Waals surface area contributed by atoms with E-state index in [4.69, 9.17) is 5.26 Å². The SMILES string of the molecule is CC=CCCC#N. The Hall–Kier alpha value is -0.770. The van der Waals surface area contributed by atoms with Crippen molar-refractivity contribution in [3.63, 3.8) is 0 Å². The molecule has 0 N–H and O–H groups in total. The van der Waals surface area contributed by atoms with E-state index in [0.29, 0.717) is 6.42 Å². The average Bonchev–Trinajstić information content (AvgIpc) is 1.69. The van der Waals surface area contributed by atoms with E-state index >= 15 is 0 Å². The van der Waals surface area contributed by atoms with Gasteiger partial charge in [-0.3, -0.25) is 0 Å². The number of nitriles is 1. The summed E-state index contributed by atoms with van der Waals surface area (Å²) in [6, 6.07) is 2.05. The van der Waals surface area contributed by atoms with E-state index in [1.54, 1.807) is 0 Å². The normalized spacial score (nSPS) is 9.14. The minimum atomic E-state index is 0.643. The van der Waals surface area contributed by atoms with Gasteiger partial charge in [-0.05, 0) is 13.3 Å². The zero-order valence-corrected chi connectivity index (χ0v) is 4.52. The third-order valence-electron chi connectivity index (χ3n) is 0.659. The van der Waals surface area contributed by atoms with Crippen LogP contribution in [0.25, 0.3) is 0 Å². The van der Waals surface area contributed by atoms with Gasteiger partial charge in [-0.1, -0.05) is 12.2 Å². The Bertz CT molecular complexity index is 86.8. The Morgan fingerprint density at radius 3 is 2.86 bits per heavy atom. The molecule has 0 aliphatic heterocycles. The zero-order valence-electron chi connectivity index (χ0n) is 4.52. The Morgan fingerprint density at radius 2 is 2.43 bits per heavy atom. The highest BCUT2D eigenvalue weighted by Crippen LogP contribution is 1.85. The van der Waals surface area contributed by atoms with Crippen LogP contribution in [0.15, 0.2) is 12.2 Å². The minimum absolute atomic E-state index is 0.643. The lowest BCUT2D eigenvalue weighted by molar-refractivity contribution is 1.06. The molecule has 0 rings (SSSR count). The molecule has 38 valence electrons. The van der Waals surface area contributed by atoms with Crippen molar-refractivity contribution in [2.75, 3.05) is 0 Å². The number of unbranched alkanes of at least 4 members (excludes halogenated alkanes) is 1. The molecule has 0 aromatic carbocycles. The summed E-state index contributed by atoms with van der Waals surface area (Å²) in [4.78, 5) is 0. The molecule has 0 aromatic rings. The number of rotatable bonds is 2. The Labute approximate surface area is 44.3 Å². The van der Waals surface area contributed by atoms with Crippen LogP contribution >= 0.6 is 0 Å². The van der Waals surface area contributed by atoms with Gasteiger partial charge in [-0.15, -0.1) is 0 Å². The monoisotopic (exact) mass is 95.1 g/mol. The first-order valence-corrected chi connectivity index (χ1v) is 2.40. The summed E-state index contributed by atoms with van der Waals surface area (Å²) in [5, 5.41) is 8.01. The van der Waals surface area contributed by atoms with Crippen molar-refractivity contribution >= 4 is 0 Å². The second kappa shape index (κ2) is 5.23. The Morgan fingerprint density at radius 1 is 1.71 bits per heavy atom. The van der Waals surface area contributed by atoms with Crippen molar-refractivity contribution in [2.45, 2.75) is 19.8 Å². The molecule has 1 nitrogen and oxygen atoms in total. The summed E-state index contributed by atoms with van der Waals surface area (Å²) in [5.74, 6) is 0. The van der Waals surface area contributed by atoms with Gasteiger partial charge in [0.1, 0.15) is 0 Å². The molecule has 0 saturated heterocycles. The lowest BCUT2D eigenvalue weighted by Crippen LogP contribution is -1.59. The minimum Gasteiger partial charge on any atom is -0.198 e. The van der Waals surface area contributed by atoms with Gasteiger partial charge in [0, 0.05) is 6.42 Å². The van der Waals surface area contributed by atoms with E-state index < -0.39 is 0 Å². The first-order chi connectivity index (χ1) is 3.41. The van der Waals surface area contributed by atoms with E-state index in [0.717, 1.165) is 6.42 Å². The summed E-state index contributed by atoms with van der Waals surface area (Å²) in [5.41, 5.74) is 0. The summed E-state index contributed by atoms with van der Waals surface area (Å²) < 4.78 is 0. The van der Waals surface area contributed by atoms with E-state index in [9.17, 15) is 0 Å². The quantitative estimate of drug-likeness (QED) is 0.379. The lowest BCUT2D eigenvalue weighted by Gasteiger charge is -1.74. The van der Waals surface area contributed by atoms with Crippen LogP contribution in [0, 0.1) is 11.3 Å². The maximum atomic E-state index is 8.01. The van der Waals surface area contributed by atoms with Crippen LogP contribution in [0.2, 0.25) is 0 Å². The fraction of sp³-hybridized carbons (Fsp3) is 0.500. The molecule has 0 amide bonds. The highest BCUT2D eigenvalue weighted by Gasteiger charge is 1.71. The molecule has 0 fully saturated rings. The summed E-state index contributed by atoms with van der Waals surface area (Å²) >= 11 is 0. The van der Waals surface area contributed by atoms with Crippen molar-refractivity contribution < 1.29 is 0 Å². The molecule has 0 radical (unpaired) electrons. The van der Waals surface area contributed by atoms with Crippen molar-refractivity contribution in [3.05, 3.63) is 12.2 Å². The molecule has 1 heteroatoms. The second-order valence-electron chi connectivity index (χ2n) is 1.27. The molecule has 0 aliphatic carbocycles. The maximum Gasteiger partial charge on any atom is 0.0624 e. The molecule has 0 unspecified atom stereocenters. The zero-order chi connectivity index (χ0) is 5.54. The van der Waals surface area contributed by atoms with Gasteiger partial charge in [0.05, 0.1) is 6.07 Å². The fourth-order valence-corrected chi connectivity index (χ4v) is 0.315. The number of hydrogen-bond acceptors (Lipinski definition) is 1. The summed E-state index contributed by atoms with van der Waals surface area (Å²) in [6.07, 6.45) is 5.48. The lowest BCUT2D eigenvalue weighted by atomic mass is 10.3. The first-order valence-electron chi connectivity index (χ1n) is 2.40. The first kappa shape index (κ1) is 6.23. The highest BCUT2D eigenvalue weighted by atomic mass is 14.2. The van der Waals surface area contributed by atoms with Gasteiger partial charge in [-0.25, -0.2) is 0 Å². The molecule has 0 atom stereocenters. The average molecular weight is 95.1 g/mol. The third-order valence-corrected chi connectivity index (χ3v) is 0.659. The van der Waals surface area contributed by atoms with Crippen LogP contribution in [0.4, 0.5) is 0 Å². The fourth-order valence-electron chi connectivity index (χ4n) is 0.315. The van der Waals surface area contributed by atoms with Gasteiger partial charge < -0.3 is 0 Å². The van der Waals surface area contributed by atoms with E-state index in [1.807, 2.05) is 19.1 Å². The third kappa shape index (κ3) is 5.23. The van der Waals surface area contributed by atoms with Crippen LogP contribution in [-0.2, 0) is 0 Å². The highest BCUT2D eigenvalue weighted by molar-refractivity contribution is 4.82. The maximum absolute atomic E-state index is 8.01. The van der Waals surface area contributed by atoms with Gasteiger partial charge >= 0.3 is 0 Å². The number of allylic oxidation sites excluding steroid dienone is 2. The van der Waals surface area contributed by atoms with Gasteiger partial charge in [0.2, 0.25) is 0 Å².